The molecule has 3 saturated heterocycles. The quantitative estimate of drug-likeness (QED) is 0.209. The molecule has 14 heteroatoms. The number of rotatable bonds is 11. The Labute approximate surface area is 287 Å². The fourth-order valence-corrected chi connectivity index (χ4v) is 7.40. The van der Waals surface area contributed by atoms with E-state index in [0.29, 0.717) is 39.6 Å². The number of halogens is 2. The molecule has 0 saturated carbocycles. The monoisotopic (exact) mass is 698 g/mol. The minimum Gasteiger partial charge on any atom is -0.619 e. The number of carboxylic acids is 1. The zero-order valence-corrected chi connectivity index (χ0v) is 27.9. The number of carbonyl (C=O) groups excluding carboxylic acids is 1. The topological polar surface area (TPSA) is 137 Å². The third-order valence-electron chi connectivity index (χ3n) is 9.33. The van der Waals surface area contributed by atoms with Crippen LogP contribution in [0, 0.1) is 11.1 Å². The van der Waals surface area contributed by atoms with E-state index in [4.69, 9.17) is 42.1 Å². The Hall–Kier alpha value is -4.39. The van der Waals surface area contributed by atoms with Crippen LogP contribution in [0.5, 0.6) is 11.5 Å². The maximum absolute atomic E-state index is 14.2. The van der Waals surface area contributed by atoms with Gasteiger partial charge in [-0.05, 0) is 68.1 Å². The maximum atomic E-state index is 14.2. The first-order valence-electron chi connectivity index (χ1n) is 15.5. The van der Waals surface area contributed by atoms with Crippen molar-refractivity contribution >= 4 is 41.0 Å². The fourth-order valence-electron chi connectivity index (χ4n) is 6.80. The number of para-hydroxylation sites is 1. The smallest absolute Gasteiger partial charge is 0.414 e. The number of methoxy groups -OCH3 is 2. The molecule has 1 amide bonds. The van der Waals surface area contributed by atoms with Gasteiger partial charge in [0.25, 0.3) is 0 Å². The summed E-state index contributed by atoms with van der Waals surface area (Å²) in [5.41, 5.74) is -0.286. The van der Waals surface area contributed by atoms with Gasteiger partial charge in [-0.3, -0.25) is 9.80 Å². The van der Waals surface area contributed by atoms with Crippen molar-refractivity contribution in [1.82, 2.24) is 10.2 Å². The molecule has 1 aromatic heterocycles. The van der Waals surface area contributed by atoms with Gasteiger partial charge in [-0.2, -0.15) is 4.73 Å². The maximum Gasteiger partial charge on any atom is 0.414 e. The van der Waals surface area contributed by atoms with Crippen LogP contribution in [0.2, 0.25) is 10.0 Å². The van der Waals surface area contributed by atoms with Crippen LogP contribution in [0.25, 0.3) is 0 Å². The van der Waals surface area contributed by atoms with Gasteiger partial charge in [0.2, 0.25) is 5.72 Å². The van der Waals surface area contributed by atoms with Crippen LogP contribution in [0.4, 0.5) is 10.5 Å². The van der Waals surface area contributed by atoms with Crippen LogP contribution < -0.4 is 24.4 Å². The summed E-state index contributed by atoms with van der Waals surface area (Å²) in [5.74, 6) is -0.916. The third-order valence-corrected chi connectivity index (χ3v) is 9.98. The van der Waals surface area contributed by atoms with E-state index in [2.05, 4.69) is 10.2 Å². The second kappa shape index (κ2) is 14.0. The lowest BCUT2D eigenvalue weighted by Crippen LogP contribution is -2.59. The van der Waals surface area contributed by atoms with Gasteiger partial charge in [-0.25, -0.2) is 9.59 Å². The molecule has 48 heavy (non-hydrogen) atoms. The number of carbonyl (C=O) groups is 2. The van der Waals surface area contributed by atoms with Gasteiger partial charge in [0.05, 0.1) is 20.8 Å². The number of nitrogens with one attached hydrogen (secondary N) is 1. The number of aliphatic carboxylic acids is 1. The minimum atomic E-state index is -1.62. The summed E-state index contributed by atoms with van der Waals surface area (Å²) < 4.78 is 24.1. The van der Waals surface area contributed by atoms with E-state index in [1.54, 1.807) is 42.5 Å². The Morgan fingerprint density at radius 2 is 1.79 bits per heavy atom. The second-order valence-corrected chi connectivity index (χ2v) is 12.9. The molecular weight excluding hydrogens is 663 g/mol. The van der Waals surface area contributed by atoms with E-state index in [-0.39, 0.29) is 40.7 Å². The molecule has 3 atom stereocenters. The summed E-state index contributed by atoms with van der Waals surface area (Å²) in [6, 6.07) is 14.2. The van der Waals surface area contributed by atoms with Crippen LogP contribution >= 0.6 is 23.2 Å². The zero-order valence-electron chi connectivity index (χ0n) is 26.4. The van der Waals surface area contributed by atoms with Gasteiger partial charge in [-0.1, -0.05) is 47.5 Å². The molecule has 7 rings (SSSR count). The summed E-state index contributed by atoms with van der Waals surface area (Å²) in [7, 11) is 3.02. The average Bonchev–Trinajstić information content (AvgIpc) is 3.53. The van der Waals surface area contributed by atoms with Crippen molar-refractivity contribution in [3.8, 4) is 11.5 Å². The molecule has 1 unspecified atom stereocenters. The van der Waals surface area contributed by atoms with Gasteiger partial charge in [0.15, 0.2) is 29.6 Å². The fraction of sp³-hybridized carbons (Fsp3) is 0.382. The molecule has 0 aliphatic carbocycles. The summed E-state index contributed by atoms with van der Waals surface area (Å²) >= 11 is 13.2. The molecule has 0 radical (unpaired) electrons. The molecule has 2 N–H and O–H groups in total. The summed E-state index contributed by atoms with van der Waals surface area (Å²) in [5, 5.41) is 25.5. The SMILES string of the molecule is COc1ccc([C@H](Cc2c(Cl)c[n+]([O-])cc2Cl)C2(CN(C(=O)O[C@H]3CN4CCC3CC4)c3ccccc3)NC(C(=O)O)=CO2)cc1OC. The van der Waals surface area contributed by atoms with Crippen molar-refractivity contribution < 1.29 is 38.4 Å². The Morgan fingerprint density at radius 1 is 1.10 bits per heavy atom. The van der Waals surface area contributed by atoms with Crippen LogP contribution in [-0.2, 0) is 20.7 Å². The van der Waals surface area contributed by atoms with E-state index in [9.17, 15) is 19.9 Å². The lowest BCUT2D eigenvalue weighted by atomic mass is 9.82. The summed E-state index contributed by atoms with van der Waals surface area (Å²) in [6.45, 7) is 2.42. The highest BCUT2D eigenvalue weighted by Crippen LogP contribution is 2.43. The Bertz CT molecular complexity index is 1680. The highest BCUT2D eigenvalue weighted by Gasteiger charge is 2.50. The van der Waals surface area contributed by atoms with Crippen molar-refractivity contribution in [3.63, 3.8) is 0 Å². The number of carboxylic acid groups (broad SMARTS) is 1. The lowest BCUT2D eigenvalue weighted by Gasteiger charge is -2.45. The van der Waals surface area contributed by atoms with Gasteiger partial charge in [-0.15, -0.1) is 0 Å². The van der Waals surface area contributed by atoms with E-state index >= 15 is 0 Å². The number of benzene rings is 2. The second-order valence-electron chi connectivity index (χ2n) is 12.1. The third kappa shape index (κ3) is 6.78. The standard InChI is InChI=1S/C34H36Cl2N4O8/c1-45-29-9-8-22(14-30(29)46-2)25(15-24-26(35)16-39(44)17-27(24)36)34(37-28(19-47-34)32(41)42)20-40(23-6-4-3-5-7-23)33(43)48-31-18-38-12-10-21(31)11-13-38/h3-9,14,16-17,19,21,25,31,37H,10-13,15,18,20H2,1-2H3,(H,41,42)/t25-,31-,34?/m0/s1. The first-order valence-corrected chi connectivity index (χ1v) is 16.3. The normalized spacial score (nSPS) is 23.3. The van der Waals surface area contributed by atoms with E-state index in [1.165, 1.54) is 31.5 Å². The van der Waals surface area contributed by atoms with Crippen molar-refractivity contribution in [2.75, 3.05) is 45.3 Å². The molecule has 2 aromatic carbocycles. The van der Waals surface area contributed by atoms with Crippen molar-refractivity contribution in [3.05, 3.63) is 99.3 Å². The number of amides is 1. The van der Waals surface area contributed by atoms with Crippen molar-refractivity contribution in [2.24, 2.45) is 5.92 Å². The molecule has 4 aliphatic rings. The first-order chi connectivity index (χ1) is 23.1. The molecule has 5 heterocycles. The van der Waals surface area contributed by atoms with Crippen LogP contribution in [0.15, 0.2) is 72.9 Å². The molecule has 4 aliphatic heterocycles. The predicted octanol–water partition coefficient (Wildman–Crippen LogP) is 4.95. The number of piperidine rings is 3. The lowest BCUT2D eigenvalue weighted by molar-refractivity contribution is -0.605. The molecule has 3 fully saturated rings. The number of hydrogen-bond acceptors (Lipinski definition) is 9. The molecule has 254 valence electrons. The molecule has 0 spiro atoms. The molecule has 2 bridgehead atoms. The molecule has 3 aromatic rings. The van der Waals surface area contributed by atoms with Gasteiger partial charge in [0.1, 0.15) is 22.4 Å². The molecular formula is C34H36Cl2N4O8. The Kier molecular flexibility index (Phi) is 9.77. The number of hydrogen-bond donors (Lipinski definition) is 2. The van der Waals surface area contributed by atoms with E-state index in [0.717, 1.165) is 32.2 Å². The largest absolute Gasteiger partial charge is 0.619 e. The average molecular weight is 700 g/mol. The first kappa shape index (κ1) is 33.5. The van der Waals surface area contributed by atoms with E-state index in [1.807, 2.05) is 6.07 Å². The number of nitrogens with zero attached hydrogens (tertiary/aromatic N) is 3. The zero-order chi connectivity index (χ0) is 34.0. The summed E-state index contributed by atoms with van der Waals surface area (Å²) in [4.78, 5) is 30.3. The van der Waals surface area contributed by atoms with Crippen molar-refractivity contribution in [2.45, 2.75) is 37.0 Å². The highest BCUT2D eigenvalue weighted by molar-refractivity contribution is 6.35. The van der Waals surface area contributed by atoms with Crippen molar-refractivity contribution in [1.29, 1.82) is 0 Å². The van der Waals surface area contributed by atoms with E-state index < -0.39 is 23.7 Å². The van der Waals surface area contributed by atoms with Gasteiger partial charge in [0, 0.05) is 23.7 Å². The van der Waals surface area contributed by atoms with Gasteiger partial charge < -0.3 is 34.6 Å². The number of fused-ring (bicyclic) bond motifs is 3. The number of aromatic nitrogens is 1. The number of pyridine rings is 1. The van der Waals surface area contributed by atoms with Crippen LogP contribution in [0.3, 0.4) is 0 Å². The number of ether oxygens (including phenoxy) is 4. The Morgan fingerprint density at radius 3 is 2.38 bits per heavy atom. The molecule has 12 nitrogen and oxygen atoms in total. The summed E-state index contributed by atoms with van der Waals surface area (Å²) in [6.07, 6.45) is 4.58. The van der Waals surface area contributed by atoms with Crippen LogP contribution in [-0.4, -0.2) is 74.3 Å². The van der Waals surface area contributed by atoms with Crippen LogP contribution in [0.1, 0.15) is 29.9 Å². The predicted molar refractivity (Wildman–Crippen MR) is 177 cm³/mol. The Balaban J connectivity index is 1.46. The number of anilines is 1. The van der Waals surface area contributed by atoms with Gasteiger partial charge >= 0.3 is 12.1 Å². The minimum absolute atomic E-state index is 0.0546. The highest BCUT2D eigenvalue weighted by atomic mass is 35.5.